The molecule has 0 amide bonds. The zero-order valence-corrected chi connectivity index (χ0v) is 28.9. The van der Waals surface area contributed by atoms with Gasteiger partial charge < -0.3 is 5.73 Å². The van der Waals surface area contributed by atoms with Crippen molar-refractivity contribution in [3.05, 3.63) is 0 Å². The first-order chi connectivity index (χ1) is 20.5. The van der Waals surface area contributed by atoms with Gasteiger partial charge in [0, 0.05) is 6.04 Å². The molecule has 1 heteroatoms. The Hall–Kier alpha value is -0.0400. The highest BCUT2D eigenvalue weighted by atomic mass is 15.2. The first kappa shape index (κ1) is 26.0. The van der Waals surface area contributed by atoms with Crippen LogP contribution in [0.15, 0.2) is 0 Å². The van der Waals surface area contributed by atoms with Gasteiger partial charge in [-0.15, -0.1) is 0 Å². The van der Waals surface area contributed by atoms with E-state index in [-0.39, 0.29) is 0 Å². The minimum atomic E-state index is 0.421. The lowest BCUT2D eigenvalue weighted by Gasteiger charge is -2.94. The van der Waals surface area contributed by atoms with E-state index in [4.69, 9.17) is 5.73 Å². The minimum Gasteiger partial charge on any atom is -0.327 e. The third-order valence-electron chi connectivity index (χ3n) is 23.2. The summed E-state index contributed by atoms with van der Waals surface area (Å²) in [6.45, 7) is 19.9. The molecule has 20 unspecified atom stereocenters. The van der Waals surface area contributed by atoms with Gasteiger partial charge in [0.05, 0.1) is 0 Å². The second-order valence-electron chi connectivity index (χ2n) is 21.8. The molecule has 0 heterocycles. The standard InChI is InChI=1S/C42H63N/c1-8-36(5)39-15-13-11-9-10-12-14-21(2)16-26(43)40-19-23-17-22(29(23)39)18-24-27-25-20-41(36)30(24)28(25)31(40)33-37(40,6)38(7)35(3,4)42(33,38)32(27)34(39)41/h21-34H,8-20,43H2,1-7H3/t21?,22?,23?,24-,25?,26?,27?,28?,29?,30?,31?,32?,33?,34?,36?,37?,38?,39?,40?,41?,42?/m0/s1. The van der Waals surface area contributed by atoms with E-state index in [9.17, 15) is 0 Å². The average molecular weight is 582 g/mol. The zero-order valence-electron chi connectivity index (χ0n) is 28.9. The highest BCUT2D eigenvalue weighted by molar-refractivity contribution is 5.58. The number of fused-ring (bicyclic) bond motifs is 1. The molecule has 16 fully saturated rings. The molecule has 0 radical (unpaired) electrons. The van der Waals surface area contributed by atoms with Crippen molar-refractivity contribution in [2.75, 3.05) is 0 Å². The van der Waals surface area contributed by atoms with Crippen molar-refractivity contribution in [2.24, 2.45) is 126 Å². The fourth-order valence-electron chi connectivity index (χ4n) is 23.3. The second-order valence-corrected chi connectivity index (χ2v) is 21.8. The monoisotopic (exact) mass is 581 g/mol. The fraction of sp³-hybridized carbons (Fsp3) is 1.00. The minimum absolute atomic E-state index is 0.421. The van der Waals surface area contributed by atoms with E-state index in [2.05, 4.69) is 48.5 Å². The molecular weight excluding hydrogens is 518 g/mol. The predicted molar refractivity (Wildman–Crippen MR) is 173 cm³/mol. The highest BCUT2D eigenvalue weighted by Crippen LogP contribution is 3.14. The average Bonchev–Trinajstić information content (AvgIpc) is 3.16. The van der Waals surface area contributed by atoms with Crippen molar-refractivity contribution in [3.8, 4) is 0 Å². The molecule has 0 aromatic rings. The Kier molecular flexibility index (Phi) is 4.01. The SMILES string of the molecule is CCC1(C)C23CCCCCCCC(C)CC(N)C45CC6CC(C[C@H]7C8C9CC1%10C7C9C4C1C5(C)C4(C)C(C)(C)C14C8C2%10)C63. The summed E-state index contributed by atoms with van der Waals surface area (Å²) >= 11 is 0. The molecular formula is C42H63N. The van der Waals surface area contributed by atoms with Crippen LogP contribution in [0, 0.1) is 120 Å². The molecule has 2 N–H and O–H groups in total. The molecule has 16 rings (SSSR count). The summed E-state index contributed by atoms with van der Waals surface area (Å²) in [5.41, 5.74) is 12.5. The van der Waals surface area contributed by atoms with Crippen LogP contribution in [0.5, 0.6) is 0 Å². The van der Waals surface area contributed by atoms with Gasteiger partial charge in [-0.25, -0.2) is 0 Å². The first-order valence-electron chi connectivity index (χ1n) is 20.2. The molecule has 0 aliphatic heterocycles. The molecule has 16 saturated carbocycles. The predicted octanol–water partition coefficient (Wildman–Crippen LogP) is 9.59. The van der Waals surface area contributed by atoms with Crippen LogP contribution < -0.4 is 5.73 Å². The summed E-state index contributed by atoms with van der Waals surface area (Å²) in [6, 6.07) is 0.438. The second kappa shape index (κ2) is 6.64. The number of nitrogens with two attached hydrogens (primary N) is 1. The molecule has 0 aromatic carbocycles. The first-order valence-corrected chi connectivity index (χ1v) is 20.2. The Labute approximate surface area is 263 Å². The van der Waals surface area contributed by atoms with Crippen LogP contribution in [0.3, 0.4) is 0 Å². The van der Waals surface area contributed by atoms with Crippen LogP contribution in [0.25, 0.3) is 0 Å². The molecule has 236 valence electrons. The van der Waals surface area contributed by atoms with Crippen LogP contribution >= 0.6 is 0 Å². The Balaban J connectivity index is 1.20. The van der Waals surface area contributed by atoms with E-state index in [0.717, 1.165) is 76.9 Å². The lowest BCUT2D eigenvalue weighted by molar-refractivity contribution is -0.471. The largest absolute Gasteiger partial charge is 0.327 e. The van der Waals surface area contributed by atoms with Crippen LogP contribution in [-0.4, -0.2) is 6.04 Å². The smallest absolute Gasteiger partial charge is 0.0107 e. The van der Waals surface area contributed by atoms with Gasteiger partial charge in [-0.2, -0.15) is 0 Å². The molecule has 43 heavy (non-hydrogen) atoms. The molecule has 15 bridgehead atoms. The summed E-state index contributed by atoms with van der Waals surface area (Å²) in [5.74, 6) is 13.5. The van der Waals surface area contributed by atoms with E-state index in [1.54, 1.807) is 38.5 Å². The molecule has 21 atom stereocenters. The lowest BCUT2D eigenvalue weighted by atomic mass is 9.10. The van der Waals surface area contributed by atoms with Crippen molar-refractivity contribution in [1.82, 2.24) is 0 Å². The fourth-order valence-corrected chi connectivity index (χ4v) is 23.3. The van der Waals surface area contributed by atoms with Crippen LogP contribution in [0.4, 0.5) is 0 Å². The summed E-state index contributed by atoms with van der Waals surface area (Å²) in [6.07, 6.45) is 19.8. The Morgan fingerprint density at radius 2 is 1.44 bits per heavy atom. The maximum absolute atomic E-state index is 8.02. The molecule has 4 spiro atoms. The maximum Gasteiger partial charge on any atom is 0.0107 e. The summed E-state index contributed by atoms with van der Waals surface area (Å²) < 4.78 is 0. The Bertz CT molecular complexity index is 1380. The van der Waals surface area contributed by atoms with Crippen LogP contribution in [0.2, 0.25) is 0 Å². The third kappa shape index (κ3) is 1.76. The maximum atomic E-state index is 8.02. The quantitative estimate of drug-likeness (QED) is 0.328. The number of hydrogen-bond donors (Lipinski definition) is 1. The topological polar surface area (TPSA) is 26.0 Å². The molecule has 0 saturated heterocycles. The molecule has 1 nitrogen and oxygen atoms in total. The lowest BCUT2D eigenvalue weighted by Crippen LogP contribution is -2.91. The number of hydrogen-bond acceptors (Lipinski definition) is 1. The zero-order chi connectivity index (χ0) is 29.3. The van der Waals surface area contributed by atoms with Crippen molar-refractivity contribution < 1.29 is 0 Å². The summed E-state index contributed by atoms with van der Waals surface area (Å²) in [7, 11) is 0. The normalized spacial score (nSPS) is 76.2. The van der Waals surface area contributed by atoms with Gasteiger partial charge in [-0.3, -0.25) is 0 Å². The third-order valence-corrected chi connectivity index (χ3v) is 23.2. The van der Waals surface area contributed by atoms with Crippen molar-refractivity contribution >= 4 is 0 Å². The number of rotatable bonds is 1. The van der Waals surface area contributed by atoms with E-state index >= 15 is 0 Å². The summed E-state index contributed by atoms with van der Waals surface area (Å²) in [4.78, 5) is 0. The molecule has 16 aliphatic rings. The van der Waals surface area contributed by atoms with E-state index < -0.39 is 0 Å². The van der Waals surface area contributed by atoms with Crippen LogP contribution in [-0.2, 0) is 0 Å². The van der Waals surface area contributed by atoms with E-state index in [0.29, 0.717) is 49.4 Å². The van der Waals surface area contributed by atoms with Gasteiger partial charge in [0.2, 0.25) is 0 Å². The van der Waals surface area contributed by atoms with Gasteiger partial charge in [-0.05, 0) is 165 Å². The van der Waals surface area contributed by atoms with Gasteiger partial charge in [0.1, 0.15) is 0 Å². The van der Waals surface area contributed by atoms with Crippen LogP contribution in [0.1, 0.15) is 132 Å². The highest BCUT2D eigenvalue weighted by Gasteiger charge is 3.11. The van der Waals surface area contributed by atoms with Gasteiger partial charge >= 0.3 is 0 Å². The van der Waals surface area contributed by atoms with Gasteiger partial charge in [0.15, 0.2) is 0 Å². The van der Waals surface area contributed by atoms with Gasteiger partial charge in [0.25, 0.3) is 0 Å². The Morgan fingerprint density at radius 1 is 0.674 bits per heavy atom. The molecule has 16 aliphatic carbocycles. The van der Waals surface area contributed by atoms with Crippen molar-refractivity contribution in [2.45, 2.75) is 138 Å². The summed E-state index contributed by atoms with van der Waals surface area (Å²) in [5, 5.41) is 0. The van der Waals surface area contributed by atoms with E-state index in [1.165, 1.54) is 44.9 Å². The molecule has 0 aromatic heterocycles. The van der Waals surface area contributed by atoms with Crippen molar-refractivity contribution in [3.63, 3.8) is 0 Å². The van der Waals surface area contributed by atoms with Gasteiger partial charge in [-0.1, -0.05) is 87.0 Å². The van der Waals surface area contributed by atoms with Crippen molar-refractivity contribution in [1.29, 1.82) is 0 Å². The van der Waals surface area contributed by atoms with E-state index in [1.807, 2.05) is 0 Å². The Morgan fingerprint density at radius 3 is 2.23 bits per heavy atom.